The average molecular weight is 481 g/mol. The second-order valence-corrected chi connectivity index (χ2v) is 8.93. The molecule has 2 aromatic carbocycles. The predicted molar refractivity (Wildman–Crippen MR) is 126 cm³/mol. The standard InChI is InChI=1S/C22H28N2O8S/c1-22(2,21(25)26)23-17-11-14(7-8-18(17)30-4)24-33(27,28)10-9-16-19(31-5)12-15(29-3)13-20(16)32-6/h7-13,23-24H,1-6H3,(H,25,26)/b10-9+. The maximum Gasteiger partial charge on any atom is 0.328 e. The van der Waals surface area contributed by atoms with Crippen LogP contribution in [0.2, 0.25) is 0 Å². The molecule has 0 unspecified atom stereocenters. The molecule has 0 amide bonds. The van der Waals surface area contributed by atoms with Gasteiger partial charge in [-0.1, -0.05) is 0 Å². The molecule has 0 aliphatic carbocycles. The molecule has 2 aromatic rings. The summed E-state index contributed by atoms with van der Waals surface area (Å²) in [5.74, 6) is 0.495. The Bertz CT molecular complexity index is 1120. The number of ether oxygens (including phenoxy) is 4. The van der Waals surface area contributed by atoms with Gasteiger partial charge in [0.15, 0.2) is 0 Å². The van der Waals surface area contributed by atoms with E-state index in [0.717, 1.165) is 5.41 Å². The minimum Gasteiger partial charge on any atom is -0.496 e. The lowest BCUT2D eigenvalue weighted by molar-refractivity contribution is -0.141. The van der Waals surface area contributed by atoms with Crippen LogP contribution in [-0.2, 0) is 14.8 Å². The maximum absolute atomic E-state index is 12.7. The zero-order valence-electron chi connectivity index (χ0n) is 19.3. The van der Waals surface area contributed by atoms with Gasteiger partial charge >= 0.3 is 5.97 Å². The van der Waals surface area contributed by atoms with Gasteiger partial charge in [0.2, 0.25) is 0 Å². The van der Waals surface area contributed by atoms with Crippen molar-refractivity contribution in [2.75, 3.05) is 38.5 Å². The third kappa shape index (κ3) is 6.45. The summed E-state index contributed by atoms with van der Waals surface area (Å²) in [7, 11) is 1.86. The van der Waals surface area contributed by atoms with Gasteiger partial charge in [-0.15, -0.1) is 0 Å². The Morgan fingerprint density at radius 2 is 1.52 bits per heavy atom. The molecule has 10 nitrogen and oxygen atoms in total. The maximum atomic E-state index is 12.7. The van der Waals surface area contributed by atoms with Gasteiger partial charge in [0.05, 0.1) is 50.8 Å². The molecule has 0 saturated carbocycles. The molecule has 0 saturated heterocycles. The van der Waals surface area contributed by atoms with Crippen molar-refractivity contribution in [2.24, 2.45) is 0 Å². The van der Waals surface area contributed by atoms with Gasteiger partial charge in [0.1, 0.15) is 28.5 Å². The summed E-state index contributed by atoms with van der Waals surface area (Å²) in [6, 6.07) is 7.68. The molecule has 0 spiro atoms. The molecular formula is C22H28N2O8S. The van der Waals surface area contributed by atoms with Gasteiger partial charge in [-0.05, 0) is 38.1 Å². The Kier molecular flexibility index (Phi) is 8.04. The van der Waals surface area contributed by atoms with Crippen LogP contribution >= 0.6 is 0 Å². The summed E-state index contributed by atoms with van der Waals surface area (Å²) >= 11 is 0. The summed E-state index contributed by atoms with van der Waals surface area (Å²) < 4.78 is 48.9. The van der Waals surface area contributed by atoms with E-state index >= 15 is 0 Å². The molecule has 0 atom stereocenters. The van der Waals surface area contributed by atoms with E-state index in [2.05, 4.69) is 10.0 Å². The largest absolute Gasteiger partial charge is 0.496 e. The summed E-state index contributed by atoms with van der Waals surface area (Å²) in [5, 5.41) is 13.2. The topological polar surface area (TPSA) is 132 Å². The number of methoxy groups -OCH3 is 4. The molecule has 0 fully saturated rings. The van der Waals surface area contributed by atoms with Crippen LogP contribution in [0, 0.1) is 0 Å². The number of aliphatic carboxylic acids is 1. The van der Waals surface area contributed by atoms with Gasteiger partial charge < -0.3 is 29.4 Å². The third-order valence-corrected chi connectivity index (χ3v) is 5.62. The van der Waals surface area contributed by atoms with Crippen molar-refractivity contribution < 1.29 is 37.3 Å². The van der Waals surface area contributed by atoms with E-state index in [1.807, 2.05) is 0 Å². The second-order valence-electron chi connectivity index (χ2n) is 7.37. The number of anilines is 2. The molecule has 3 N–H and O–H groups in total. The first-order valence-electron chi connectivity index (χ1n) is 9.67. The molecule has 33 heavy (non-hydrogen) atoms. The number of carboxylic acids is 1. The number of hydrogen-bond acceptors (Lipinski definition) is 8. The van der Waals surface area contributed by atoms with E-state index in [-0.39, 0.29) is 5.69 Å². The van der Waals surface area contributed by atoms with Crippen LogP contribution in [-0.4, -0.2) is 53.5 Å². The number of sulfonamides is 1. The fourth-order valence-corrected chi connectivity index (χ4v) is 3.65. The average Bonchev–Trinajstić information content (AvgIpc) is 2.76. The molecule has 0 heterocycles. The van der Waals surface area contributed by atoms with Gasteiger partial charge in [-0.3, -0.25) is 4.72 Å². The monoisotopic (exact) mass is 480 g/mol. The summed E-state index contributed by atoms with van der Waals surface area (Å²) in [6.45, 7) is 2.95. The fraction of sp³-hybridized carbons (Fsp3) is 0.318. The van der Waals surface area contributed by atoms with Gasteiger partial charge in [0.25, 0.3) is 10.0 Å². The molecule has 0 radical (unpaired) electrons. The normalized spacial score (nSPS) is 11.7. The highest BCUT2D eigenvalue weighted by Gasteiger charge is 2.28. The molecule has 2 rings (SSSR count). The molecule has 180 valence electrons. The van der Waals surface area contributed by atoms with Crippen LogP contribution in [0.1, 0.15) is 19.4 Å². The molecule has 0 aliphatic heterocycles. The Hall–Kier alpha value is -3.60. The zero-order chi connectivity index (χ0) is 24.8. The van der Waals surface area contributed by atoms with E-state index in [4.69, 9.17) is 18.9 Å². The van der Waals surface area contributed by atoms with Crippen molar-refractivity contribution in [1.82, 2.24) is 0 Å². The van der Waals surface area contributed by atoms with Crippen LogP contribution in [0.5, 0.6) is 23.0 Å². The Morgan fingerprint density at radius 1 is 0.939 bits per heavy atom. The Balaban J connectivity index is 2.36. The van der Waals surface area contributed by atoms with E-state index in [0.29, 0.717) is 34.2 Å². The van der Waals surface area contributed by atoms with Gasteiger partial charge in [-0.2, -0.15) is 0 Å². The van der Waals surface area contributed by atoms with Gasteiger partial charge in [-0.25, -0.2) is 13.2 Å². The van der Waals surface area contributed by atoms with Crippen molar-refractivity contribution in [3.8, 4) is 23.0 Å². The SMILES string of the molecule is COc1cc(OC)c(/C=C/S(=O)(=O)Nc2ccc(OC)c(NC(C)(C)C(=O)O)c2)c(OC)c1. The van der Waals surface area contributed by atoms with Crippen LogP contribution in [0.3, 0.4) is 0 Å². The van der Waals surface area contributed by atoms with Crippen LogP contribution in [0.15, 0.2) is 35.7 Å². The number of rotatable bonds is 11. The van der Waals surface area contributed by atoms with E-state index in [9.17, 15) is 18.3 Å². The van der Waals surface area contributed by atoms with Crippen molar-refractivity contribution >= 4 is 33.4 Å². The first-order chi connectivity index (χ1) is 15.5. The molecule has 11 heteroatoms. The summed E-state index contributed by atoms with van der Waals surface area (Å²) in [4.78, 5) is 11.5. The lowest BCUT2D eigenvalue weighted by atomic mass is 10.1. The number of carbonyl (C=O) groups is 1. The molecule has 0 aliphatic rings. The summed E-state index contributed by atoms with van der Waals surface area (Å²) in [5.41, 5.74) is -0.386. The van der Waals surface area contributed by atoms with Crippen molar-refractivity contribution in [1.29, 1.82) is 0 Å². The lowest BCUT2D eigenvalue weighted by Gasteiger charge is -2.24. The highest BCUT2D eigenvalue weighted by Crippen LogP contribution is 2.35. The number of benzene rings is 2. The minimum absolute atomic E-state index is 0.206. The molecule has 0 aromatic heterocycles. The van der Waals surface area contributed by atoms with E-state index in [1.54, 1.807) is 12.1 Å². The highest BCUT2D eigenvalue weighted by atomic mass is 32.2. The smallest absolute Gasteiger partial charge is 0.328 e. The minimum atomic E-state index is -3.95. The second kappa shape index (κ2) is 10.3. The first-order valence-corrected chi connectivity index (χ1v) is 11.2. The third-order valence-electron chi connectivity index (χ3n) is 4.61. The van der Waals surface area contributed by atoms with Crippen LogP contribution < -0.4 is 29.0 Å². The van der Waals surface area contributed by atoms with E-state index < -0.39 is 21.5 Å². The zero-order valence-corrected chi connectivity index (χ0v) is 20.1. The van der Waals surface area contributed by atoms with Crippen LogP contribution in [0.4, 0.5) is 11.4 Å². The summed E-state index contributed by atoms with van der Waals surface area (Å²) in [6.07, 6.45) is 1.34. The van der Waals surface area contributed by atoms with Crippen LogP contribution in [0.25, 0.3) is 6.08 Å². The fourth-order valence-electron chi connectivity index (χ4n) is 2.81. The Labute approximate surface area is 193 Å². The quantitative estimate of drug-likeness (QED) is 0.442. The molecule has 0 bridgehead atoms. The first kappa shape index (κ1) is 25.7. The van der Waals surface area contributed by atoms with E-state index in [1.165, 1.54) is 66.6 Å². The predicted octanol–water partition coefficient (Wildman–Crippen LogP) is 3.41. The van der Waals surface area contributed by atoms with Crippen molar-refractivity contribution in [3.05, 3.63) is 41.3 Å². The number of carboxylic acid groups (broad SMARTS) is 1. The highest BCUT2D eigenvalue weighted by molar-refractivity contribution is 7.95. The lowest BCUT2D eigenvalue weighted by Crippen LogP contribution is -2.40. The van der Waals surface area contributed by atoms with Crippen molar-refractivity contribution in [3.63, 3.8) is 0 Å². The van der Waals surface area contributed by atoms with Crippen molar-refractivity contribution in [2.45, 2.75) is 19.4 Å². The molecular weight excluding hydrogens is 452 g/mol. The number of nitrogens with one attached hydrogen (secondary N) is 2. The Morgan fingerprint density at radius 3 is 2.00 bits per heavy atom. The van der Waals surface area contributed by atoms with Gasteiger partial charge in [0, 0.05) is 12.1 Å². The number of hydrogen-bond donors (Lipinski definition) is 3.